The normalized spacial score (nSPS) is 13.6. The van der Waals surface area contributed by atoms with Crippen LogP contribution in [0.3, 0.4) is 0 Å². The van der Waals surface area contributed by atoms with Crippen LogP contribution >= 0.6 is 92.8 Å². The molecule has 174 valence electrons. The van der Waals surface area contributed by atoms with Gasteiger partial charge in [-0.1, -0.05) is 170 Å². The van der Waals surface area contributed by atoms with Crippen LogP contribution in [-0.2, 0) is 9.53 Å². The number of ether oxygens (including phenoxy) is 1. The Kier molecular flexibility index (Phi) is 15.0. The molecular weight excluding hydrogens is 544 g/mol. The van der Waals surface area contributed by atoms with Gasteiger partial charge in [-0.05, 0) is 6.42 Å². The van der Waals surface area contributed by atoms with Gasteiger partial charge in [-0.2, -0.15) is 0 Å². The largest absolute Gasteiger partial charge is 0.467 e. The standard InChI is InChI=1S/C19H30Cl8O2/c1-3-4-5-6-7-8-9-10-11-12-13-14-16(20,21)18(24,25)19(26,27)17(22,23)15(28)29-2/h3-14H2,1-2H3. The maximum absolute atomic E-state index is 11.9. The van der Waals surface area contributed by atoms with Crippen molar-refractivity contribution in [2.45, 2.75) is 101 Å². The number of alkyl halides is 8. The predicted octanol–water partition coefficient (Wildman–Crippen LogP) is 9.56. The topological polar surface area (TPSA) is 26.3 Å². The van der Waals surface area contributed by atoms with E-state index >= 15 is 0 Å². The van der Waals surface area contributed by atoms with Crippen molar-refractivity contribution in [3.05, 3.63) is 0 Å². The lowest BCUT2D eigenvalue weighted by atomic mass is 10.0. The molecule has 0 aliphatic carbocycles. The maximum atomic E-state index is 11.9. The minimum atomic E-state index is -2.49. The second-order valence-corrected chi connectivity index (χ2v) is 12.7. The molecule has 2 nitrogen and oxygen atoms in total. The third-order valence-corrected chi connectivity index (χ3v) is 10.1. The lowest BCUT2D eigenvalue weighted by molar-refractivity contribution is -0.141. The first-order valence-electron chi connectivity index (χ1n) is 9.89. The van der Waals surface area contributed by atoms with Gasteiger partial charge in [0.2, 0.25) is 4.33 Å². The van der Waals surface area contributed by atoms with E-state index in [9.17, 15) is 4.79 Å². The molecule has 0 aliphatic rings. The zero-order chi connectivity index (χ0) is 22.8. The summed E-state index contributed by atoms with van der Waals surface area (Å²) < 4.78 is -4.49. The number of hydrogen-bond acceptors (Lipinski definition) is 2. The summed E-state index contributed by atoms with van der Waals surface area (Å²) in [6, 6.07) is 0. The van der Waals surface area contributed by atoms with Crippen molar-refractivity contribution in [2.75, 3.05) is 7.11 Å². The van der Waals surface area contributed by atoms with Gasteiger partial charge in [0.25, 0.3) is 0 Å². The van der Waals surface area contributed by atoms with Gasteiger partial charge in [-0.25, -0.2) is 4.79 Å². The number of hydrogen-bond donors (Lipinski definition) is 0. The zero-order valence-electron chi connectivity index (χ0n) is 16.8. The highest BCUT2D eigenvalue weighted by molar-refractivity contribution is 6.76. The van der Waals surface area contributed by atoms with Crippen LogP contribution < -0.4 is 0 Å². The van der Waals surface area contributed by atoms with E-state index in [0.717, 1.165) is 26.4 Å². The van der Waals surface area contributed by atoms with E-state index in [1.165, 1.54) is 44.9 Å². The summed E-state index contributed by atoms with van der Waals surface area (Å²) in [6.45, 7) is 2.22. The number of esters is 1. The molecule has 0 bridgehead atoms. The Morgan fingerprint density at radius 1 is 0.655 bits per heavy atom. The average Bonchev–Trinajstić information content (AvgIpc) is 2.64. The third kappa shape index (κ3) is 8.92. The summed E-state index contributed by atoms with van der Waals surface area (Å²) in [5.41, 5.74) is 0. The highest BCUT2D eigenvalue weighted by atomic mass is 35.6. The molecule has 0 aromatic rings. The quantitative estimate of drug-likeness (QED) is 0.104. The number of halogens is 8. The molecule has 0 rings (SSSR count). The number of methoxy groups -OCH3 is 1. The second kappa shape index (κ2) is 14.1. The molecule has 0 radical (unpaired) electrons. The molecule has 0 atom stereocenters. The first-order chi connectivity index (χ1) is 13.3. The highest BCUT2D eigenvalue weighted by Crippen LogP contribution is 2.62. The van der Waals surface area contributed by atoms with Gasteiger partial charge < -0.3 is 4.74 Å². The van der Waals surface area contributed by atoms with Crippen LogP contribution in [0.25, 0.3) is 0 Å². The van der Waals surface area contributed by atoms with Crippen LogP contribution in [0.15, 0.2) is 0 Å². The van der Waals surface area contributed by atoms with Gasteiger partial charge in [-0.15, -0.1) is 0 Å². The summed E-state index contributed by atoms with van der Waals surface area (Å²) in [5.74, 6) is -1.13. The third-order valence-electron chi connectivity index (χ3n) is 4.78. The smallest absolute Gasteiger partial charge is 0.345 e. The molecule has 0 spiro atoms. The second-order valence-electron chi connectivity index (χ2n) is 7.20. The summed E-state index contributed by atoms with van der Waals surface area (Å²) in [5, 5.41) is 0. The van der Waals surface area contributed by atoms with Crippen molar-refractivity contribution in [1.29, 1.82) is 0 Å². The van der Waals surface area contributed by atoms with Crippen LogP contribution in [0.4, 0.5) is 0 Å². The Labute approximate surface area is 215 Å². The van der Waals surface area contributed by atoms with Gasteiger partial charge in [0, 0.05) is 0 Å². The van der Waals surface area contributed by atoms with E-state index < -0.39 is 23.3 Å². The van der Waals surface area contributed by atoms with Gasteiger partial charge >= 0.3 is 5.97 Å². The molecule has 0 fully saturated rings. The van der Waals surface area contributed by atoms with E-state index in [1.807, 2.05) is 0 Å². The van der Waals surface area contributed by atoms with E-state index in [4.69, 9.17) is 92.8 Å². The fourth-order valence-electron chi connectivity index (χ4n) is 2.85. The first-order valence-corrected chi connectivity index (χ1v) is 12.9. The molecule has 0 aliphatic heterocycles. The number of rotatable bonds is 16. The summed E-state index contributed by atoms with van der Waals surface area (Å²) in [7, 11) is 1.07. The van der Waals surface area contributed by atoms with Crippen LogP contribution in [0, 0.1) is 0 Å². The fourth-order valence-corrected chi connectivity index (χ4v) is 5.18. The molecule has 0 aromatic carbocycles. The van der Waals surface area contributed by atoms with Crippen molar-refractivity contribution in [3.63, 3.8) is 0 Å². The van der Waals surface area contributed by atoms with Crippen LogP contribution in [0.5, 0.6) is 0 Å². The van der Waals surface area contributed by atoms with Crippen LogP contribution in [0.2, 0.25) is 0 Å². The van der Waals surface area contributed by atoms with Crippen molar-refractivity contribution in [2.24, 2.45) is 0 Å². The Bertz CT molecular complexity index is 481. The minimum absolute atomic E-state index is 0.187. The molecule has 0 saturated heterocycles. The number of carbonyl (C=O) groups is 1. The van der Waals surface area contributed by atoms with Gasteiger partial charge in [0.05, 0.1) is 7.11 Å². The molecule has 10 heteroatoms. The molecule has 0 N–H and O–H groups in total. The molecule has 0 unspecified atom stereocenters. The molecule has 29 heavy (non-hydrogen) atoms. The average molecular weight is 574 g/mol. The fraction of sp³-hybridized carbons (Fsp3) is 0.947. The predicted molar refractivity (Wildman–Crippen MR) is 131 cm³/mol. The molecule has 0 amide bonds. The lowest BCUT2D eigenvalue weighted by Gasteiger charge is -2.44. The van der Waals surface area contributed by atoms with Crippen LogP contribution in [0.1, 0.15) is 84.0 Å². The van der Waals surface area contributed by atoms with Crippen molar-refractivity contribution >= 4 is 98.8 Å². The summed E-state index contributed by atoms with van der Waals surface area (Å²) in [6.07, 6.45) is 12.9. The van der Waals surface area contributed by atoms with E-state index in [-0.39, 0.29) is 6.42 Å². The van der Waals surface area contributed by atoms with Crippen molar-refractivity contribution in [3.8, 4) is 0 Å². The van der Waals surface area contributed by atoms with Crippen molar-refractivity contribution < 1.29 is 9.53 Å². The Morgan fingerprint density at radius 2 is 1.03 bits per heavy atom. The van der Waals surface area contributed by atoms with Gasteiger partial charge in [0.1, 0.15) is 0 Å². The summed E-state index contributed by atoms with van der Waals surface area (Å²) in [4.78, 5) is 11.9. The van der Waals surface area contributed by atoms with E-state index in [2.05, 4.69) is 11.7 Å². The first kappa shape index (κ1) is 30.8. The molecular formula is C19H30Cl8O2. The van der Waals surface area contributed by atoms with Gasteiger partial charge in [0.15, 0.2) is 13.0 Å². The Balaban J connectivity index is 4.46. The summed E-state index contributed by atoms with van der Waals surface area (Å²) >= 11 is 49.6. The molecule has 0 aromatic heterocycles. The number of unbranched alkanes of at least 4 members (excludes halogenated alkanes) is 10. The van der Waals surface area contributed by atoms with E-state index in [0.29, 0.717) is 6.42 Å². The number of carbonyl (C=O) groups excluding carboxylic acids is 1. The SMILES string of the molecule is CCCCCCCCCCCCCC(Cl)(Cl)C(Cl)(Cl)C(Cl)(Cl)C(Cl)(Cl)C(=O)OC. The Morgan fingerprint density at radius 3 is 1.41 bits per heavy atom. The molecule has 0 saturated carbocycles. The van der Waals surface area contributed by atoms with Gasteiger partial charge in [-0.3, -0.25) is 0 Å². The maximum Gasteiger partial charge on any atom is 0.345 e. The van der Waals surface area contributed by atoms with Crippen molar-refractivity contribution in [1.82, 2.24) is 0 Å². The monoisotopic (exact) mass is 570 g/mol. The zero-order valence-corrected chi connectivity index (χ0v) is 22.9. The van der Waals surface area contributed by atoms with Crippen LogP contribution in [-0.4, -0.2) is 30.4 Å². The molecule has 0 heterocycles. The Hall–Kier alpha value is 1.79. The minimum Gasteiger partial charge on any atom is -0.467 e. The van der Waals surface area contributed by atoms with E-state index in [1.54, 1.807) is 0 Å². The highest BCUT2D eigenvalue weighted by Gasteiger charge is 2.70. The lowest BCUT2D eigenvalue weighted by Crippen LogP contribution is -2.60.